The van der Waals surface area contributed by atoms with E-state index in [1.54, 1.807) is 0 Å². The lowest BCUT2D eigenvalue weighted by molar-refractivity contribution is -0.179. The molecule has 1 rings (SSSR count). The van der Waals surface area contributed by atoms with E-state index >= 15 is 0 Å². The Labute approximate surface area is 61.8 Å². The topological polar surface area (TPSA) is 29.1 Å². The number of carbonyl (C=O) groups is 1. The van der Waals surface area contributed by atoms with E-state index in [4.69, 9.17) is 0 Å². The fraction of sp³-hybridized carbons (Fsp3) is 0.833. The van der Waals surface area contributed by atoms with Crippen molar-refractivity contribution in [1.82, 2.24) is 5.32 Å². The number of hydrogen-bond acceptors (Lipinski definition) is 2. The van der Waals surface area contributed by atoms with Gasteiger partial charge in [0.2, 0.25) is 0 Å². The van der Waals surface area contributed by atoms with E-state index in [0.717, 1.165) is 0 Å². The molecule has 11 heavy (non-hydrogen) atoms. The Morgan fingerprint density at radius 3 is 2.36 bits per heavy atom. The molecule has 1 N–H and O–H groups in total. The van der Waals surface area contributed by atoms with Gasteiger partial charge in [-0.2, -0.15) is 13.2 Å². The van der Waals surface area contributed by atoms with E-state index in [2.05, 4.69) is 5.32 Å². The van der Waals surface area contributed by atoms with Crippen LogP contribution in [0.15, 0.2) is 0 Å². The fourth-order valence-corrected chi connectivity index (χ4v) is 1.20. The minimum atomic E-state index is -4.24. The highest BCUT2D eigenvalue weighted by Crippen LogP contribution is 2.33. The van der Waals surface area contributed by atoms with Crippen LogP contribution in [0.1, 0.15) is 0 Å². The maximum atomic E-state index is 12.0. The molecular weight excluding hydrogens is 159 g/mol. The lowest BCUT2D eigenvalue weighted by Gasteiger charge is -2.16. The molecule has 1 fully saturated rings. The van der Waals surface area contributed by atoms with Gasteiger partial charge in [-0.1, -0.05) is 0 Å². The lowest BCUT2D eigenvalue weighted by Crippen LogP contribution is -2.30. The minimum absolute atomic E-state index is 0.132. The van der Waals surface area contributed by atoms with Gasteiger partial charge in [0, 0.05) is 19.0 Å². The molecule has 0 aromatic rings. The second kappa shape index (κ2) is 2.81. The zero-order valence-electron chi connectivity index (χ0n) is 5.69. The van der Waals surface area contributed by atoms with Gasteiger partial charge in [0.05, 0.1) is 5.92 Å². The third kappa shape index (κ3) is 1.71. The first kappa shape index (κ1) is 8.52. The predicted octanol–water partition coefficient (Wildman–Crippen LogP) is 0.583. The van der Waals surface area contributed by atoms with Crippen LogP contribution in [-0.4, -0.2) is 25.6 Å². The van der Waals surface area contributed by atoms with E-state index in [1.807, 2.05) is 0 Å². The molecule has 64 valence electrons. The van der Waals surface area contributed by atoms with Crippen molar-refractivity contribution >= 4 is 6.29 Å². The molecule has 0 radical (unpaired) electrons. The van der Waals surface area contributed by atoms with Crippen LogP contribution in [0.4, 0.5) is 13.2 Å². The second-order valence-electron chi connectivity index (χ2n) is 2.61. The largest absolute Gasteiger partial charge is 0.393 e. The summed E-state index contributed by atoms with van der Waals surface area (Å²) in [7, 11) is 0. The summed E-state index contributed by atoms with van der Waals surface area (Å²) in [6.07, 6.45) is -3.87. The van der Waals surface area contributed by atoms with Crippen LogP contribution in [0.2, 0.25) is 0 Å². The molecule has 0 aromatic heterocycles. The Bertz CT molecular complexity index is 156. The Hall–Kier alpha value is -0.580. The maximum Gasteiger partial charge on any atom is 0.393 e. The predicted molar refractivity (Wildman–Crippen MR) is 32.0 cm³/mol. The van der Waals surface area contributed by atoms with E-state index < -0.39 is 18.0 Å². The van der Waals surface area contributed by atoms with Crippen molar-refractivity contribution in [2.45, 2.75) is 6.18 Å². The van der Waals surface area contributed by atoms with Gasteiger partial charge in [-0.05, 0) is 0 Å². The first-order chi connectivity index (χ1) is 5.05. The smallest absolute Gasteiger partial charge is 0.315 e. The molecule has 0 aromatic carbocycles. The average molecular weight is 167 g/mol. The van der Waals surface area contributed by atoms with Gasteiger partial charge in [0.25, 0.3) is 0 Å². The van der Waals surface area contributed by atoms with E-state index in [1.165, 1.54) is 0 Å². The Balaban J connectivity index is 2.63. The highest BCUT2D eigenvalue weighted by atomic mass is 19.4. The van der Waals surface area contributed by atoms with Crippen LogP contribution in [-0.2, 0) is 4.79 Å². The van der Waals surface area contributed by atoms with Crippen molar-refractivity contribution in [3.63, 3.8) is 0 Å². The fourth-order valence-electron chi connectivity index (χ4n) is 1.20. The van der Waals surface area contributed by atoms with Crippen LogP contribution in [0, 0.1) is 11.8 Å². The molecule has 1 aliphatic rings. The first-order valence-corrected chi connectivity index (χ1v) is 3.28. The van der Waals surface area contributed by atoms with Gasteiger partial charge in [0.15, 0.2) is 0 Å². The number of hydrogen-bond donors (Lipinski definition) is 1. The third-order valence-corrected chi connectivity index (χ3v) is 1.86. The monoisotopic (exact) mass is 167 g/mol. The number of carbonyl (C=O) groups excluding carboxylic acids is 1. The summed E-state index contributed by atoms with van der Waals surface area (Å²) in [5, 5.41) is 2.53. The Kier molecular flexibility index (Phi) is 2.17. The molecule has 1 aliphatic heterocycles. The van der Waals surface area contributed by atoms with Crippen molar-refractivity contribution in [2.24, 2.45) is 11.8 Å². The lowest BCUT2D eigenvalue weighted by atomic mass is 9.97. The minimum Gasteiger partial charge on any atom is -0.315 e. The molecule has 5 heteroatoms. The summed E-state index contributed by atoms with van der Waals surface area (Å²) in [6, 6.07) is 0. The Morgan fingerprint density at radius 1 is 1.36 bits per heavy atom. The van der Waals surface area contributed by atoms with Crippen LogP contribution in [0.25, 0.3) is 0 Å². The molecule has 0 aliphatic carbocycles. The van der Waals surface area contributed by atoms with E-state index in [9.17, 15) is 18.0 Å². The van der Waals surface area contributed by atoms with Gasteiger partial charge < -0.3 is 10.1 Å². The Morgan fingerprint density at radius 2 is 2.00 bits per heavy atom. The van der Waals surface area contributed by atoms with Crippen molar-refractivity contribution in [2.75, 3.05) is 13.1 Å². The highest BCUT2D eigenvalue weighted by molar-refractivity contribution is 5.55. The van der Waals surface area contributed by atoms with Crippen LogP contribution in [0.3, 0.4) is 0 Å². The van der Waals surface area contributed by atoms with Gasteiger partial charge in [0.1, 0.15) is 6.29 Å². The summed E-state index contributed by atoms with van der Waals surface area (Å²) >= 11 is 0. The van der Waals surface area contributed by atoms with Crippen molar-refractivity contribution in [3.8, 4) is 0 Å². The molecule has 0 saturated carbocycles. The number of halogens is 3. The van der Waals surface area contributed by atoms with Crippen LogP contribution in [0.5, 0.6) is 0 Å². The van der Waals surface area contributed by atoms with Crippen LogP contribution >= 0.6 is 0 Å². The van der Waals surface area contributed by atoms with Crippen molar-refractivity contribution < 1.29 is 18.0 Å². The molecule has 0 spiro atoms. The SMILES string of the molecule is O=CC1CNCC1C(F)(F)F. The van der Waals surface area contributed by atoms with E-state index in [0.29, 0.717) is 6.29 Å². The molecular formula is C6H8F3NO. The molecule has 2 unspecified atom stereocenters. The van der Waals surface area contributed by atoms with Gasteiger partial charge in [-0.25, -0.2) is 0 Å². The highest BCUT2D eigenvalue weighted by Gasteiger charge is 2.46. The first-order valence-electron chi connectivity index (χ1n) is 3.28. The van der Waals surface area contributed by atoms with Gasteiger partial charge >= 0.3 is 6.18 Å². The number of alkyl halides is 3. The molecule has 1 saturated heterocycles. The summed E-state index contributed by atoms with van der Waals surface area (Å²) in [4.78, 5) is 10.1. The van der Waals surface area contributed by atoms with E-state index in [-0.39, 0.29) is 13.1 Å². The quantitative estimate of drug-likeness (QED) is 0.579. The van der Waals surface area contributed by atoms with Gasteiger partial charge in [-0.3, -0.25) is 0 Å². The summed E-state index contributed by atoms with van der Waals surface area (Å²) in [6.45, 7) is 0.0145. The summed E-state index contributed by atoms with van der Waals surface area (Å²) < 4.78 is 36.0. The average Bonchev–Trinajstić information content (AvgIpc) is 2.31. The number of rotatable bonds is 1. The molecule has 0 amide bonds. The zero-order valence-corrected chi connectivity index (χ0v) is 5.69. The van der Waals surface area contributed by atoms with Crippen molar-refractivity contribution in [3.05, 3.63) is 0 Å². The normalized spacial score (nSPS) is 32.3. The maximum absolute atomic E-state index is 12.0. The standard InChI is InChI=1S/C6H8F3NO/c7-6(8,9)5-2-10-1-4(5)3-11/h3-5,10H,1-2H2. The third-order valence-electron chi connectivity index (χ3n) is 1.86. The van der Waals surface area contributed by atoms with Gasteiger partial charge in [-0.15, -0.1) is 0 Å². The molecule has 1 heterocycles. The van der Waals surface area contributed by atoms with Crippen LogP contribution < -0.4 is 5.32 Å². The summed E-state index contributed by atoms with van der Waals surface area (Å²) in [5.74, 6) is -2.38. The molecule has 2 nitrogen and oxygen atoms in total. The second-order valence-corrected chi connectivity index (χ2v) is 2.61. The molecule has 0 bridgehead atoms. The number of nitrogens with one attached hydrogen (secondary N) is 1. The van der Waals surface area contributed by atoms with Crippen molar-refractivity contribution in [1.29, 1.82) is 0 Å². The molecule has 2 atom stereocenters. The zero-order chi connectivity index (χ0) is 8.48. The summed E-state index contributed by atoms with van der Waals surface area (Å²) in [5.41, 5.74) is 0. The number of aldehydes is 1.